The van der Waals surface area contributed by atoms with Crippen LogP contribution in [-0.2, 0) is 6.61 Å². The monoisotopic (exact) mass is 290 g/mol. The summed E-state index contributed by atoms with van der Waals surface area (Å²) in [6.07, 6.45) is 3.68. The molecule has 0 saturated heterocycles. The third kappa shape index (κ3) is 3.26. The molecule has 0 aliphatic rings. The second kappa shape index (κ2) is 6.31. The molecule has 0 fully saturated rings. The molecule has 110 valence electrons. The lowest BCUT2D eigenvalue weighted by molar-refractivity contribution is 0.307. The normalized spacial score (nSPS) is 10.4. The standard InChI is InChI=1S/C19H18N2O/c1-14-9-16(12-21-11-14)18-8-7-17(20)10-19(18)22-13-15-5-3-2-4-6-15/h2-12H,13,20H2,1H3. The number of nitrogens with zero attached hydrogens (tertiary/aromatic N) is 1. The molecule has 3 aromatic rings. The van der Waals surface area contributed by atoms with E-state index in [9.17, 15) is 0 Å². The Bertz CT molecular complexity index is 769. The molecule has 0 atom stereocenters. The van der Waals surface area contributed by atoms with Gasteiger partial charge in [0.05, 0.1) is 0 Å². The Hall–Kier alpha value is -2.81. The van der Waals surface area contributed by atoms with E-state index in [0.29, 0.717) is 12.3 Å². The van der Waals surface area contributed by atoms with Gasteiger partial charge in [-0.25, -0.2) is 0 Å². The van der Waals surface area contributed by atoms with Gasteiger partial charge in [-0.1, -0.05) is 30.3 Å². The maximum Gasteiger partial charge on any atom is 0.129 e. The maximum absolute atomic E-state index is 5.99. The van der Waals surface area contributed by atoms with Crippen LogP contribution in [-0.4, -0.2) is 4.98 Å². The van der Waals surface area contributed by atoms with Gasteiger partial charge in [-0.05, 0) is 36.2 Å². The molecule has 1 heterocycles. The van der Waals surface area contributed by atoms with E-state index in [2.05, 4.69) is 11.1 Å². The summed E-state index contributed by atoms with van der Waals surface area (Å²) in [6.45, 7) is 2.54. The average Bonchev–Trinajstić information content (AvgIpc) is 2.54. The molecule has 0 saturated carbocycles. The van der Waals surface area contributed by atoms with Gasteiger partial charge in [-0.3, -0.25) is 4.98 Å². The third-order valence-corrected chi connectivity index (χ3v) is 3.43. The first-order chi connectivity index (χ1) is 10.7. The summed E-state index contributed by atoms with van der Waals surface area (Å²) >= 11 is 0. The Labute approximate surface area is 130 Å². The fraction of sp³-hybridized carbons (Fsp3) is 0.105. The second-order valence-corrected chi connectivity index (χ2v) is 5.28. The van der Waals surface area contributed by atoms with Crippen molar-refractivity contribution in [1.82, 2.24) is 4.98 Å². The van der Waals surface area contributed by atoms with Crippen LogP contribution < -0.4 is 10.5 Å². The number of aryl methyl sites for hydroxylation is 1. The number of nitrogen functional groups attached to an aromatic ring is 1. The molecule has 0 aliphatic carbocycles. The van der Waals surface area contributed by atoms with Gasteiger partial charge < -0.3 is 10.5 Å². The van der Waals surface area contributed by atoms with E-state index in [1.807, 2.05) is 67.8 Å². The van der Waals surface area contributed by atoms with Crippen molar-refractivity contribution in [2.45, 2.75) is 13.5 Å². The van der Waals surface area contributed by atoms with E-state index >= 15 is 0 Å². The quantitative estimate of drug-likeness (QED) is 0.732. The molecule has 0 aliphatic heterocycles. The molecule has 2 aromatic carbocycles. The number of rotatable bonds is 4. The first-order valence-electron chi connectivity index (χ1n) is 7.20. The van der Waals surface area contributed by atoms with E-state index in [4.69, 9.17) is 10.5 Å². The fourth-order valence-corrected chi connectivity index (χ4v) is 2.33. The van der Waals surface area contributed by atoms with Gasteiger partial charge >= 0.3 is 0 Å². The van der Waals surface area contributed by atoms with Crippen molar-refractivity contribution in [3.05, 3.63) is 78.1 Å². The summed E-state index contributed by atoms with van der Waals surface area (Å²) in [5.74, 6) is 0.774. The Morgan fingerprint density at radius 1 is 1.00 bits per heavy atom. The summed E-state index contributed by atoms with van der Waals surface area (Å²) in [5.41, 5.74) is 10.9. The van der Waals surface area contributed by atoms with Crippen LogP contribution in [0.5, 0.6) is 5.75 Å². The Morgan fingerprint density at radius 3 is 2.59 bits per heavy atom. The number of aromatic nitrogens is 1. The van der Waals surface area contributed by atoms with Gasteiger partial charge in [0.25, 0.3) is 0 Å². The minimum absolute atomic E-state index is 0.510. The smallest absolute Gasteiger partial charge is 0.129 e. The summed E-state index contributed by atoms with van der Waals surface area (Å²) in [7, 11) is 0. The van der Waals surface area contributed by atoms with Crippen LogP contribution in [0.3, 0.4) is 0 Å². The number of hydrogen-bond acceptors (Lipinski definition) is 3. The summed E-state index contributed by atoms with van der Waals surface area (Å²) in [5, 5.41) is 0. The first-order valence-corrected chi connectivity index (χ1v) is 7.20. The average molecular weight is 290 g/mol. The molecule has 0 bridgehead atoms. The number of pyridine rings is 1. The highest BCUT2D eigenvalue weighted by Gasteiger charge is 2.08. The Kier molecular flexibility index (Phi) is 4.05. The van der Waals surface area contributed by atoms with E-state index in [0.717, 1.165) is 28.0 Å². The summed E-state index contributed by atoms with van der Waals surface area (Å²) in [6, 6.07) is 17.9. The molecular weight excluding hydrogens is 272 g/mol. The van der Waals surface area contributed by atoms with E-state index in [-0.39, 0.29) is 0 Å². The number of benzene rings is 2. The van der Waals surface area contributed by atoms with Crippen molar-refractivity contribution in [1.29, 1.82) is 0 Å². The van der Waals surface area contributed by atoms with Gasteiger partial charge in [0, 0.05) is 35.3 Å². The van der Waals surface area contributed by atoms with Crippen LogP contribution >= 0.6 is 0 Å². The van der Waals surface area contributed by atoms with E-state index < -0.39 is 0 Å². The van der Waals surface area contributed by atoms with Crippen LogP contribution in [0.2, 0.25) is 0 Å². The Balaban J connectivity index is 1.91. The second-order valence-electron chi connectivity index (χ2n) is 5.28. The zero-order valence-electron chi connectivity index (χ0n) is 12.5. The van der Waals surface area contributed by atoms with E-state index in [1.54, 1.807) is 0 Å². The van der Waals surface area contributed by atoms with Crippen molar-refractivity contribution in [2.24, 2.45) is 0 Å². The van der Waals surface area contributed by atoms with Crippen molar-refractivity contribution in [3.63, 3.8) is 0 Å². The predicted octanol–water partition coefficient (Wildman–Crippen LogP) is 4.22. The van der Waals surface area contributed by atoms with Crippen LogP contribution in [0.4, 0.5) is 5.69 Å². The molecule has 0 spiro atoms. The van der Waals surface area contributed by atoms with Crippen LogP contribution in [0.15, 0.2) is 67.0 Å². The third-order valence-electron chi connectivity index (χ3n) is 3.43. The van der Waals surface area contributed by atoms with Crippen molar-refractivity contribution >= 4 is 5.69 Å². The lowest BCUT2D eigenvalue weighted by Gasteiger charge is -2.13. The molecule has 0 radical (unpaired) electrons. The summed E-state index contributed by atoms with van der Waals surface area (Å²) in [4.78, 5) is 4.26. The highest BCUT2D eigenvalue weighted by Crippen LogP contribution is 2.32. The van der Waals surface area contributed by atoms with Crippen LogP contribution in [0.1, 0.15) is 11.1 Å². The van der Waals surface area contributed by atoms with Gasteiger partial charge in [-0.2, -0.15) is 0 Å². The van der Waals surface area contributed by atoms with Gasteiger partial charge in [0.15, 0.2) is 0 Å². The molecular formula is C19H18N2O. The fourth-order valence-electron chi connectivity index (χ4n) is 2.33. The minimum Gasteiger partial charge on any atom is -0.488 e. The number of ether oxygens (including phenoxy) is 1. The first kappa shape index (κ1) is 14.1. The molecule has 1 aromatic heterocycles. The molecule has 3 heteroatoms. The lowest BCUT2D eigenvalue weighted by atomic mass is 10.0. The van der Waals surface area contributed by atoms with Crippen LogP contribution in [0.25, 0.3) is 11.1 Å². The largest absolute Gasteiger partial charge is 0.488 e. The Morgan fingerprint density at radius 2 is 1.82 bits per heavy atom. The van der Waals surface area contributed by atoms with Gasteiger partial charge in [0.2, 0.25) is 0 Å². The highest BCUT2D eigenvalue weighted by molar-refractivity contribution is 5.72. The molecule has 22 heavy (non-hydrogen) atoms. The zero-order chi connectivity index (χ0) is 15.4. The number of nitrogens with two attached hydrogens (primary N) is 1. The topological polar surface area (TPSA) is 48.1 Å². The SMILES string of the molecule is Cc1cncc(-c2ccc(N)cc2OCc2ccccc2)c1. The van der Waals surface area contributed by atoms with E-state index in [1.165, 1.54) is 0 Å². The molecule has 0 unspecified atom stereocenters. The van der Waals surface area contributed by atoms with Crippen LogP contribution in [0, 0.1) is 6.92 Å². The summed E-state index contributed by atoms with van der Waals surface area (Å²) < 4.78 is 5.99. The minimum atomic E-state index is 0.510. The molecule has 0 amide bonds. The number of hydrogen-bond donors (Lipinski definition) is 1. The lowest BCUT2D eigenvalue weighted by Crippen LogP contribution is -1.98. The number of anilines is 1. The van der Waals surface area contributed by atoms with Crippen molar-refractivity contribution < 1.29 is 4.74 Å². The molecule has 2 N–H and O–H groups in total. The zero-order valence-corrected chi connectivity index (χ0v) is 12.5. The molecule has 3 nitrogen and oxygen atoms in total. The van der Waals surface area contributed by atoms with Crippen molar-refractivity contribution in [2.75, 3.05) is 5.73 Å². The highest BCUT2D eigenvalue weighted by atomic mass is 16.5. The van der Waals surface area contributed by atoms with Crippen molar-refractivity contribution in [3.8, 4) is 16.9 Å². The molecule has 3 rings (SSSR count). The van der Waals surface area contributed by atoms with Gasteiger partial charge in [0.1, 0.15) is 12.4 Å². The maximum atomic E-state index is 5.99. The van der Waals surface area contributed by atoms with Gasteiger partial charge in [-0.15, -0.1) is 0 Å². The predicted molar refractivity (Wildman–Crippen MR) is 89.6 cm³/mol.